The molecule has 1 fully saturated rings. The highest BCUT2D eigenvalue weighted by molar-refractivity contribution is 6.31. The van der Waals surface area contributed by atoms with Crippen molar-refractivity contribution >= 4 is 22.4 Å². The summed E-state index contributed by atoms with van der Waals surface area (Å²) in [5.41, 5.74) is 0. The molecule has 106 valence electrons. The minimum atomic E-state index is 0.686. The van der Waals surface area contributed by atoms with E-state index in [1.807, 2.05) is 30.3 Å². The Kier molecular flexibility index (Phi) is 4.41. The van der Waals surface area contributed by atoms with E-state index < -0.39 is 0 Å². The van der Waals surface area contributed by atoms with Gasteiger partial charge in [0.2, 0.25) is 0 Å². The first-order valence-corrected chi connectivity index (χ1v) is 7.32. The van der Waals surface area contributed by atoms with Gasteiger partial charge in [-0.15, -0.1) is 0 Å². The maximum atomic E-state index is 6.07. The van der Waals surface area contributed by atoms with E-state index in [-0.39, 0.29) is 0 Å². The summed E-state index contributed by atoms with van der Waals surface area (Å²) < 4.78 is 11.3. The second kappa shape index (κ2) is 6.44. The molecule has 1 aliphatic heterocycles. The van der Waals surface area contributed by atoms with Crippen LogP contribution in [0.3, 0.4) is 0 Å². The molecule has 0 aromatic heterocycles. The molecule has 0 saturated carbocycles. The number of fused-ring (bicyclic) bond motifs is 1. The van der Waals surface area contributed by atoms with Gasteiger partial charge in [0.25, 0.3) is 0 Å². The predicted octanol–water partition coefficient (Wildman–Crippen LogP) is 3.20. The molecule has 4 heteroatoms. The lowest BCUT2D eigenvalue weighted by molar-refractivity contribution is 0.0323. The van der Waals surface area contributed by atoms with Gasteiger partial charge in [-0.25, -0.2) is 0 Å². The van der Waals surface area contributed by atoms with Gasteiger partial charge in [-0.05, 0) is 23.6 Å². The van der Waals surface area contributed by atoms with Crippen molar-refractivity contribution in [1.29, 1.82) is 0 Å². The van der Waals surface area contributed by atoms with Crippen LogP contribution in [-0.4, -0.2) is 44.4 Å². The van der Waals surface area contributed by atoms with E-state index in [1.54, 1.807) is 0 Å². The number of hydrogen-bond acceptors (Lipinski definition) is 3. The van der Waals surface area contributed by atoms with Crippen LogP contribution in [-0.2, 0) is 4.74 Å². The Hall–Kier alpha value is -1.29. The summed E-state index contributed by atoms with van der Waals surface area (Å²) in [5, 5.41) is 2.96. The SMILES string of the molecule is Clc1ccc2cccc(OCCN3CCOCC3)c2c1. The number of halogens is 1. The molecular formula is C16H18ClNO2. The van der Waals surface area contributed by atoms with E-state index in [2.05, 4.69) is 11.0 Å². The summed E-state index contributed by atoms with van der Waals surface area (Å²) in [6.07, 6.45) is 0. The van der Waals surface area contributed by atoms with E-state index in [0.717, 1.165) is 54.4 Å². The molecule has 0 spiro atoms. The molecule has 20 heavy (non-hydrogen) atoms. The average Bonchev–Trinajstić information content (AvgIpc) is 2.49. The molecule has 2 aromatic rings. The first-order chi connectivity index (χ1) is 9.83. The lowest BCUT2D eigenvalue weighted by Gasteiger charge is -2.26. The molecule has 0 N–H and O–H groups in total. The molecule has 1 saturated heterocycles. The highest BCUT2D eigenvalue weighted by Gasteiger charge is 2.10. The topological polar surface area (TPSA) is 21.7 Å². The van der Waals surface area contributed by atoms with Gasteiger partial charge in [0.05, 0.1) is 13.2 Å². The molecule has 2 aromatic carbocycles. The monoisotopic (exact) mass is 291 g/mol. The van der Waals surface area contributed by atoms with Crippen LogP contribution < -0.4 is 4.74 Å². The fourth-order valence-corrected chi connectivity index (χ4v) is 2.62. The van der Waals surface area contributed by atoms with Crippen LogP contribution in [0, 0.1) is 0 Å². The summed E-state index contributed by atoms with van der Waals surface area (Å²) in [5.74, 6) is 0.901. The third-order valence-corrected chi connectivity index (χ3v) is 3.81. The fourth-order valence-electron chi connectivity index (χ4n) is 2.45. The van der Waals surface area contributed by atoms with Gasteiger partial charge in [-0.1, -0.05) is 29.8 Å². The van der Waals surface area contributed by atoms with Gasteiger partial charge in [0.15, 0.2) is 0 Å². The van der Waals surface area contributed by atoms with Crippen LogP contribution in [0.5, 0.6) is 5.75 Å². The Morgan fingerprint density at radius 3 is 2.85 bits per heavy atom. The molecule has 3 nitrogen and oxygen atoms in total. The van der Waals surface area contributed by atoms with Gasteiger partial charge in [0.1, 0.15) is 12.4 Å². The molecule has 0 bridgehead atoms. The number of ether oxygens (including phenoxy) is 2. The second-order valence-corrected chi connectivity index (χ2v) is 5.36. The van der Waals surface area contributed by atoms with Crippen LogP contribution in [0.2, 0.25) is 5.02 Å². The summed E-state index contributed by atoms with van der Waals surface area (Å²) in [6.45, 7) is 5.25. The van der Waals surface area contributed by atoms with Crippen molar-refractivity contribution in [2.45, 2.75) is 0 Å². The van der Waals surface area contributed by atoms with Crippen molar-refractivity contribution in [3.05, 3.63) is 41.4 Å². The number of rotatable bonds is 4. The van der Waals surface area contributed by atoms with Gasteiger partial charge >= 0.3 is 0 Å². The Morgan fingerprint density at radius 1 is 1.15 bits per heavy atom. The molecular weight excluding hydrogens is 274 g/mol. The molecule has 1 heterocycles. The van der Waals surface area contributed by atoms with Gasteiger partial charge in [-0.3, -0.25) is 4.90 Å². The molecule has 1 aliphatic rings. The number of hydrogen-bond donors (Lipinski definition) is 0. The Bertz CT molecular complexity index is 582. The number of benzene rings is 2. The summed E-state index contributed by atoms with van der Waals surface area (Å²) in [7, 11) is 0. The maximum Gasteiger partial charge on any atom is 0.127 e. The normalized spacial score (nSPS) is 16.4. The third-order valence-electron chi connectivity index (χ3n) is 3.57. The van der Waals surface area contributed by atoms with E-state index in [0.29, 0.717) is 6.61 Å². The Balaban J connectivity index is 1.66. The van der Waals surface area contributed by atoms with Gasteiger partial charge in [-0.2, -0.15) is 0 Å². The van der Waals surface area contributed by atoms with Crippen molar-refractivity contribution in [3.8, 4) is 5.75 Å². The fraction of sp³-hybridized carbons (Fsp3) is 0.375. The molecule has 0 radical (unpaired) electrons. The highest BCUT2D eigenvalue weighted by Crippen LogP contribution is 2.28. The van der Waals surface area contributed by atoms with Crippen molar-refractivity contribution < 1.29 is 9.47 Å². The molecule has 0 aliphatic carbocycles. The number of nitrogens with zero attached hydrogens (tertiary/aromatic N) is 1. The zero-order chi connectivity index (χ0) is 13.8. The molecule has 0 atom stereocenters. The van der Waals surface area contributed by atoms with E-state index >= 15 is 0 Å². The third kappa shape index (κ3) is 3.23. The van der Waals surface area contributed by atoms with Crippen molar-refractivity contribution in [2.24, 2.45) is 0 Å². The van der Waals surface area contributed by atoms with Crippen LogP contribution in [0.25, 0.3) is 10.8 Å². The van der Waals surface area contributed by atoms with Gasteiger partial charge < -0.3 is 9.47 Å². The molecule has 0 unspecified atom stereocenters. The van der Waals surface area contributed by atoms with Crippen LogP contribution >= 0.6 is 11.6 Å². The van der Waals surface area contributed by atoms with Crippen LogP contribution in [0.1, 0.15) is 0 Å². The van der Waals surface area contributed by atoms with E-state index in [9.17, 15) is 0 Å². The highest BCUT2D eigenvalue weighted by atomic mass is 35.5. The Labute approximate surface area is 124 Å². The molecule has 3 rings (SSSR count). The van der Waals surface area contributed by atoms with Crippen molar-refractivity contribution in [2.75, 3.05) is 39.5 Å². The largest absolute Gasteiger partial charge is 0.492 e. The standard InChI is InChI=1S/C16H18ClNO2/c17-14-5-4-13-2-1-3-16(15(13)12-14)20-11-8-18-6-9-19-10-7-18/h1-5,12H,6-11H2. The quantitative estimate of drug-likeness (QED) is 0.863. The van der Waals surface area contributed by atoms with Crippen molar-refractivity contribution in [3.63, 3.8) is 0 Å². The maximum absolute atomic E-state index is 6.07. The first kappa shape index (κ1) is 13.7. The van der Waals surface area contributed by atoms with E-state index in [1.165, 1.54) is 0 Å². The number of morpholine rings is 1. The van der Waals surface area contributed by atoms with Gasteiger partial charge in [0, 0.05) is 30.0 Å². The Morgan fingerprint density at radius 2 is 2.00 bits per heavy atom. The smallest absolute Gasteiger partial charge is 0.127 e. The first-order valence-electron chi connectivity index (χ1n) is 6.94. The lowest BCUT2D eigenvalue weighted by atomic mass is 10.1. The lowest BCUT2D eigenvalue weighted by Crippen LogP contribution is -2.38. The summed E-state index contributed by atoms with van der Waals surface area (Å²) in [6, 6.07) is 12.0. The van der Waals surface area contributed by atoms with E-state index in [4.69, 9.17) is 21.1 Å². The van der Waals surface area contributed by atoms with Crippen LogP contribution in [0.4, 0.5) is 0 Å². The minimum absolute atomic E-state index is 0.686. The zero-order valence-electron chi connectivity index (χ0n) is 11.3. The zero-order valence-corrected chi connectivity index (χ0v) is 12.1. The summed E-state index contributed by atoms with van der Waals surface area (Å²) in [4.78, 5) is 2.36. The average molecular weight is 292 g/mol. The summed E-state index contributed by atoms with van der Waals surface area (Å²) >= 11 is 6.07. The molecule has 0 amide bonds. The minimum Gasteiger partial charge on any atom is -0.492 e. The van der Waals surface area contributed by atoms with Crippen LogP contribution in [0.15, 0.2) is 36.4 Å². The van der Waals surface area contributed by atoms with Crippen molar-refractivity contribution in [1.82, 2.24) is 4.90 Å². The second-order valence-electron chi connectivity index (χ2n) is 4.92. The predicted molar refractivity (Wildman–Crippen MR) is 81.7 cm³/mol.